The normalized spacial score (nSPS) is 12.8. The predicted octanol–water partition coefficient (Wildman–Crippen LogP) is 4.37. The minimum absolute atomic E-state index is 0.137. The molecule has 3 aromatic rings. The number of nitrogens with zero attached hydrogens (tertiary/aromatic N) is 1. The van der Waals surface area contributed by atoms with Gasteiger partial charge in [0.25, 0.3) is 11.8 Å². The number of imide groups is 1. The quantitative estimate of drug-likeness (QED) is 0.665. The van der Waals surface area contributed by atoms with Crippen molar-refractivity contribution in [3.63, 3.8) is 0 Å². The zero-order chi connectivity index (χ0) is 20.4. The van der Waals surface area contributed by atoms with Gasteiger partial charge in [-0.3, -0.25) is 14.4 Å². The number of hydrogen-bond acceptors (Lipinski definition) is 3. The lowest BCUT2D eigenvalue weighted by molar-refractivity contribution is -0.116. The summed E-state index contributed by atoms with van der Waals surface area (Å²) in [7, 11) is 0. The molecule has 144 valence electrons. The SMILES string of the molecule is Cc1ccc(CCC(=O)Nc2ccc3c(c2)C(=O)N(c2ccccc2)C3=O)cc1. The third-order valence-corrected chi connectivity index (χ3v) is 4.95. The Morgan fingerprint density at radius 2 is 1.55 bits per heavy atom. The Labute approximate surface area is 169 Å². The maximum atomic E-state index is 12.8. The third-order valence-electron chi connectivity index (χ3n) is 4.95. The highest BCUT2D eigenvalue weighted by atomic mass is 16.2. The van der Waals surface area contributed by atoms with Crippen LogP contribution in [0.2, 0.25) is 0 Å². The van der Waals surface area contributed by atoms with Crippen LogP contribution in [0.3, 0.4) is 0 Å². The highest BCUT2D eigenvalue weighted by Crippen LogP contribution is 2.30. The number of amides is 3. The summed E-state index contributed by atoms with van der Waals surface area (Å²) in [4.78, 5) is 38.9. The number of nitrogens with one attached hydrogen (secondary N) is 1. The molecule has 5 nitrogen and oxygen atoms in total. The molecule has 5 heteroatoms. The summed E-state index contributed by atoms with van der Waals surface area (Å²) in [5.41, 5.74) is 3.96. The first-order valence-corrected chi connectivity index (χ1v) is 9.46. The summed E-state index contributed by atoms with van der Waals surface area (Å²) in [6.07, 6.45) is 0.972. The first kappa shape index (κ1) is 18.6. The smallest absolute Gasteiger partial charge is 0.266 e. The third kappa shape index (κ3) is 3.80. The molecule has 29 heavy (non-hydrogen) atoms. The summed E-state index contributed by atoms with van der Waals surface area (Å²) in [5, 5.41) is 2.82. The standard InChI is InChI=1S/C24H20N2O3/c1-16-7-9-17(10-8-16)11-14-22(27)25-18-12-13-20-21(15-18)24(29)26(23(20)28)19-5-3-2-4-6-19/h2-10,12-13,15H,11,14H2,1H3,(H,25,27). The van der Waals surface area contributed by atoms with Crippen molar-refractivity contribution in [2.45, 2.75) is 19.8 Å². The number of rotatable bonds is 5. The second-order valence-electron chi connectivity index (χ2n) is 7.08. The molecule has 0 bridgehead atoms. The van der Waals surface area contributed by atoms with E-state index in [2.05, 4.69) is 5.32 Å². The molecule has 1 aliphatic heterocycles. The van der Waals surface area contributed by atoms with E-state index in [9.17, 15) is 14.4 Å². The molecule has 3 amide bonds. The van der Waals surface area contributed by atoms with Crippen LogP contribution in [0.4, 0.5) is 11.4 Å². The fraction of sp³-hybridized carbons (Fsp3) is 0.125. The van der Waals surface area contributed by atoms with Crippen LogP contribution in [0.25, 0.3) is 0 Å². The van der Waals surface area contributed by atoms with Crippen LogP contribution in [0.15, 0.2) is 72.8 Å². The molecule has 0 spiro atoms. The Morgan fingerprint density at radius 3 is 2.28 bits per heavy atom. The molecule has 1 N–H and O–H groups in total. The van der Waals surface area contributed by atoms with Gasteiger partial charge in [-0.05, 0) is 49.2 Å². The van der Waals surface area contributed by atoms with E-state index in [1.54, 1.807) is 42.5 Å². The fourth-order valence-electron chi connectivity index (χ4n) is 3.37. The molecule has 0 unspecified atom stereocenters. The van der Waals surface area contributed by atoms with Crippen molar-refractivity contribution in [2.24, 2.45) is 0 Å². The predicted molar refractivity (Wildman–Crippen MR) is 112 cm³/mol. The van der Waals surface area contributed by atoms with E-state index in [4.69, 9.17) is 0 Å². The molecule has 1 heterocycles. The monoisotopic (exact) mass is 384 g/mol. The van der Waals surface area contributed by atoms with E-state index in [0.717, 1.165) is 10.5 Å². The molecule has 1 aliphatic rings. The molecule has 0 aliphatic carbocycles. The van der Waals surface area contributed by atoms with Gasteiger partial charge in [0.05, 0.1) is 16.8 Å². The maximum Gasteiger partial charge on any atom is 0.266 e. The summed E-state index contributed by atoms with van der Waals surface area (Å²) in [6.45, 7) is 2.02. The largest absolute Gasteiger partial charge is 0.326 e. The topological polar surface area (TPSA) is 66.5 Å². The average molecular weight is 384 g/mol. The highest BCUT2D eigenvalue weighted by Gasteiger charge is 2.36. The van der Waals surface area contributed by atoms with Crippen molar-refractivity contribution in [1.29, 1.82) is 0 Å². The molecule has 0 saturated carbocycles. The van der Waals surface area contributed by atoms with Crippen LogP contribution < -0.4 is 10.2 Å². The Hall–Kier alpha value is -3.73. The molecule has 0 radical (unpaired) electrons. The number of para-hydroxylation sites is 1. The van der Waals surface area contributed by atoms with Crippen molar-refractivity contribution in [1.82, 2.24) is 0 Å². The van der Waals surface area contributed by atoms with Gasteiger partial charge in [-0.2, -0.15) is 0 Å². The fourth-order valence-corrected chi connectivity index (χ4v) is 3.37. The van der Waals surface area contributed by atoms with Gasteiger partial charge in [0.2, 0.25) is 5.91 Å². The maximum absolute atomic E-state index is 12.8. The van der Waals surface area contributed by atoms with Gasteiger partial charge in [-0.15, -0.1) is 0 Å². The van der Waals surface area contributed by atoms with Crippen LogP contribution in [-0.4, -0.2) is 17.7 Å². The lowest BCUT2D eigenvalue weighted by atomic mass is 10.1. The lowest BCUT2D eigenvalue weighted by Gasteiger charge is -2.13. The second kappa shape index (κ2) is 7.72. The summed E-state index contributed by atoms with van der Waals surface area (Å²) in [5.74, 6) is -0.873. The Kier molecular flexibility index (Phi) is 4.96. The van der Waals surface area contributed by atoms with Crippen molar-refractivity contribution < 1.29 is 14.4 Å². The zero-order valence-electron chi connectivity index (χ0n) is 16.0. The molecule has 4 rings (SSSR count). The van der Waals surface area contributed by atoms with Gasteiger partial charge in [0.1, 0.15) is 0 Å². The summed E-state index contributed by atoms with van der Waals surface area (Å²) < 4.78 is 0. The Morgan fingerprint density at radius 1 is 0.862 bits per heavy atom. The molecular weight excluding hydrogens is 364 g/mol. The van der Waals surface area contributed by atoms with E-state index in [1.807, 2.05) is 37.3 Å². The molecule has 0 saturated heterocycles. The molecule has 0 fully saturated rings. The number of aryl methyl sites for hydroxylation is 2. The van der Waals surface area contributed by atoms with Gasteiger partial charge in [-0.1, -0.05) is 48.0 Å². The lowest BCUT2D eigenvalue weighted by Crippen LogP contribution is -2.29. The number of anilines is 2. The van der Waals surface area contributed by atoms with Crippen molar-refractivity contribution in [2.75, 3.05) is 10.2 Å². The highest BCUT2D eigenvalue weighted by molar-refractivity contribution is 6.34. The first-order valence-electron chi connectivity index (χ1n) is 9.46. The van der Waals surface area contributed by atoms with Crippen LogP contribution in [0, 0.1) is 6.92 Å². The summed E-state index contributed by atoms with van der Waals surface area (Å²) >= 11 is 0. The van der Waals surface area contributed by atoms with Crippen molar-refractivity contribution in [3.05, 3.63) is 95.1 Å². The van der Waals surface area contributed by atoms with E-state index >= 15 is 0 Å². The molecular formula is C24H20N2O3. The summed E-state index contributed by atoms with van der Waals surface area (Å²) in [6, 6.07) is 21.7. The average Bonchev–Trinajstić information content (AvgIpc) is 2.98. The second-order valence-corrected chi connectivity index (χ2v) is 7.08. The van der Waals surface area contributed by atoms with Crippen LogP contribution >= 0.6 is 0 Å². The first-order chi connectivity index (χ1) is 14.0. The van der Waals surface area contributed by atoms with E-state index in [-0.39, 0.29) is 17.7 Å². The van der Waals surface area contributed by atoms with Crippen molar-refractivity contribution in [3.8, 4) is 0 Å². The van der Waals surface area contributed by atoms with Crippen molar-refractivity contribution >= 4 is 29.1 Å². The Bertz CT molecular complexity index is 1090. The number of benzene rings is 3. The van der Waals surface area contributed by atoms with Gasteiger partial charge >= 0.3 is 0 Å². The van der Waals surface area contributed by atoms with Gasteiger partial charge in [0, 0.05) is 12.1 Å². The molecule has 3 aromatic carbocycles. The Balaban J connectivity index is 1.46. The number of fused-ring (bicyclic) bond motifs is 1. The minimum atomic E-state index is -0.382. The van der Waals surface area contributed by atoms with Gasteiger partial charge in [0.15, 0.2) is 0 Å². The van der Waals surface area contributed by atoms with Gasteiger partial charge < -0.3 is 5.32 Å². The number of carbonyl (C=O) groups excluding carboxylic acids is 3. The van der Waals surface area contributed by atoms with E-state index in [1.165, 1.54) is 5.56 Å². The van der Waals surface area contributed by atoms with Crippen LogP contribution in [0.5, 0.6) is 0 Å². The minimum Gasteiger partial charge on any atom is -0.326 e. The number of hydrogen-bond donors (Lipinski definition) is 1. The van der Waals surface area contributed by atoms with Gasteiger partial charge in [-0.25, -0.2) is 4.90 Å². The van der Waals surface area contributed by atoms with E-state index < -0.39 is 0 Å². The molecule has 0 atom stereocenters. The number of carbonyl (C=O) groups is 3. The zero-order valence-corrected chi connectivity index (χ0v) is 16.0. The van der Waals surface area contributed by atoms with Crippen LogP contribution in [0.1, 0.15) is 38.3 Å². The van der Waals surface area contributed by atoms with Crippen LogP contribution in [-0.2, 0) is 11.2 Å². The molecule has 0 aromatic heterocycles. The van der Waals surface area contributed by atoms with E-state index in [0.29, 0.717) is 35.3 Å².